The van der Waals surface area contributed by atoms with E-state index in [-0.39, 0.29) is 17.9 Å². The number of likely N-dealkylation sites (tertiary alicyclic amines) is 2. The Bertz CT molecular complexity index is 611. The summed E-state index contributed by atoms with van der Waals surface area (Å²) >= 11 is 0. The maximum atomic E-state index is 12.7. The highest BCUT2D eigenvalue weighted by Gasteiger charge is 2.36. The highest BCUT2D eigenvalue weighted by atomic mass is 16.5. The third kappa shape index (κ3) is 3.38. The summed E-state index contributed by atoms with van der Waals surface area (Å²) in [6, 6.07) is 7.48. The van der Waals surface area contributed by atoms with Crippen molar-refractivity contribution in [2.75, 3.05) is 26.7 Å². The zero-order valence-electron chi connectivity index (χ0n) is 14.1. The van der Waals surface area contributed by atoms with Crippen LogP contribution in [0.2, 0.25) is 0 Å². The molecule has 0 spiro atoms. The van der Waals surface area contributed by atoms with E-state index in [1.165, 1.54) is 0 Å². The van der Waals surface area contributed by atoms with Gasteiger partial charge in [0.2, 0.25) is 5.91 Å². The number of nitrogens with two attached hydrogens (primary N) is 1. The molecule has 0 aliphatic carbocycles. The molecule has 1 aromatic carbocycles. The number of amides is 2. The Hall–Kier alpha value is -2.08. The molecular formula is C18H25N3O3. The molecule has 2 aliphatic heterocycles. The van der Waals surface area contributed by atoms with Crippen LogP contribution >= 0.6 is 0 Å². The monoisotopic (exact) mass is 331 g/mol. The minimum atomic E-state index is -0.220. The molecule has 0 saturated carbocycles. The summed E-state index contributed by atoms with van der Waals surface area (Å²) < 4.78 is 5.19. The van der Waals surface area contributed by atoms with Crippen molar-refractivity contribution < 1.29 is 14.3 Å². The Balaban J connectivity index is 1.60. The van der Waals surface area contributed by atoms with Gasteiger partial charge in [-0.25, -0.2) is 0 Å². The van der Waals surface area contributed by atoms with E-state index < -0.39 is 0 Å². The maximum Gasteiger partial charge on any atom is 0.253 e. The zero-order chi connectivity index (χ0) is 17.1. The van der Waals surface area contributed by atoms with Gasteiger partial charge < -0.3 is 15.4 Å². The van der Waals surface area contributed by atoms with Gasteiger partial charge in [0.05, 0.1) is 13.2 Å². The van der Waals surface area contributed by atoms with E-state index in [4.69, 9.17) is 10.5 Å². The molecule has 2 saturated heterocycles. The van der Waals surface area contributed by atoms with E-state index in [0.29, 0.717) is 30.4 Å². The average Bonchev–Trinajstić information content (AvgIpc) is 3.11. The number of primary amides is 1. The molecule has 6 nitrogen and oxygen atoms in total. The minimum Gasteiger partial charge on any atom is -0.497 e. The molecule has 2 aliphatic rings. The lowest BCUT2D eigenvalue weighted by Crippen LogP contribution is -2.51. The van der Waals surface area contributed by atoms with E-state index in [9.17, 15) is 9.59 Å². The van der Waals surface area contributed by atoms with Crippen LogP contribution in [-0.2, 0) is 4.79 Å². The quantitative estimate of drug-likeness (QED) is 0.901. The molecule has 3 rings (SSSR count). The van der Waals surface area contributed by atoms with Gasteiger partial charge in [-0.3, -0.25) is 14.5 Å². The Labute approximate surface area is 142 Å². The first-order valence-corrected chi connectivity index (χ1v) is 8.58. The topological polar surface area (TPSA) is 75.9 Å². The van der Waals surface area contributed by atoms with Crippen molar-refractivity contribution in [2.45, 2.75) is 37.8 Å². The second-order valence-corrected chi connectivity index (χ2v) is 6.55. The lowest BCUT2D eigenvalue weighted by molar-refractivity contribution is -0.123. The normalized spacial score (nSPS) is 22.5. The molecule has 24 heavy (non-hydrogen) atoms. The van der Waals surface area contributed by atoms with Gasteiger partial charge in [0.1, 0.15) is 5.75 Å². The molecule has 1 aromatic rings. The molecular weight excluding hydrogens is 306 g/mol. The van der Waals surface area contributed by atoms with E-state index in [1.54, 1.807) is 13.2 Å². The van der Waals surface area contributed by atoms with Crippen LogP contribution in [-0.4, -0.2) is 60.4 Å². The predicted molar refractivity (Wildman–Crippen MR) is 90.8 cm³/mol. The molecule has 0 radical (unpaired) electrons. The van der Waals surface area contributed by atoms with Crippen LogP contribution in [0.4, 0.5) is 0 Å². The highest BCUT2D eigenvalue weighted by Crippen LogP contribution is 2.26. The van der Waals surface area contributed by atoms with Crippen LogP contribution < -0.4 is 10.5 Å². The number of rotatable bonds is 4. The molecule has 2 heterocycles. The van der Waals surface area contributed by atoms with Crippen molar-refractivity contribution in [2.24, 2.45) is 5.73 Å². The van der Waals surface area contributed by atoms with Gasteiger partial charge in [-0.15, -0.1) is 0 Å². The van der Waals surface area contributed by atoms with Crippen LogP contribution in [0.15, 0.2) is 24.3 Å². The first kappa shape index (κ1) is 16.8. The number of hydrogen-bond donors (Lipinski definition) is 1. The van der Waals surface area contributed by atoms with Gasteiger partial charge in [0, 0.05) is 24.7 Å². The van der Waals surface area contributed by atoms with Gasteiger partial charge in [0.25, 0.3) is 5.91 Å². The van der Waals surface area contributed by atoms with Crippen LogP contribution in [0.3, 0.4) is 0 Å². The third-order valence-corrected chi connectivity index (χ3v) is 5.16. The molecule has 2 amide bonds. The van der Waals surface area contributed by atoms with Crippen LogP contribution in [0.5, 0.6) is 5.75 Å². The second-order valence-electron chi connectivity index (χ2n) is 6.55. The minimum absolute atomic E-state index is 0.0419. The summed E-state index contributed by atoms with van der Waals surface area (Å²) in [5, 5.41) is 0. The number of benzene rings is 1. The summed E-state index contributed by atoms with van der Waals surface area (Å²) in [5.41, 5.74) is 6.17. The molecule has 130 valence electrons. The van der Waals surface area contributed by atoms with Crippen LogP contribution in [0, 0.1) is 0 Å². The van der Waals surface area contributed by atoms with Gasteiger partial charge in [-0.05, 0) is 50.4 Å². The number of carbonyl (C=O) groups excluding carboxylic acids is 2. The van der Waals surface area contributed by atoms with Gasteiger partial charge in [0.15, 0.2) is 0 Å². The van der Waals surface area contributed by atoms with Crippen molar-refractivity contribution >= 4 is 11.8 Å². The molecule has 6 heteroatoms. The summed E-state index contributed by atoms with van der Waals surface area (Å²) in [6.07, 6.45) is 3.66. The van der Waals surface area contributed by atoms with Crippen molar-refractivity contribution in [3.63, 3.8) is 0 Å². The maximum absolute atomic E-state index is 12.7. The third-order valence-electron chi connectivity index (χ3n) is 5.16. The lowest BCUT2D eigenvalue weighted by atomic mass is 10.0. The van der Waals surface area contributed by atoms with Gasteiger partial charge in [-0.1, -0.05) is 6.07 Å². The molecule has 0 unspecified atom stereocenters. The van der Waals surface area contributed by atoms with Crippen molar-refractivity contribution in [1.29, 1.82) is 0 Å². The highest BCUT2D eigenvalue weighted by molar-refractivity contribution is 5.94. The Morgan fingerprint density at radius 1 is 1.17 bits per heavy atom. The summed E-state index contributed by atoms with van der Waals surface area (Å²) in [4.78, 5) is 28.4. The first-order chi connectivity index (χ1) is 11.6. The Morgan fingerprint density at radius 2 is 1.92 bits per heavy atom. The predicted octanol–water partition coefficient (Wildman–Crippen LogP) is 1.25. The van der Waals surface area contributed by atoms with Crippen LogP contribution in [0.25, 0.3) is 0 Å². The standard InChI is InChI=1S/C18H25N3O3/c1-24-15-5-2-4-13(12-15)18(23)20-10-7-14(8-11-20)21-9-3-6-16(21)17(19)22/h2,4-5,12,14,16H,3,6-11H2,1H3,(H2,19,22)/t16-/m0/s1. The van der Waals surface area contributed by atoms with E-state index in [2.05, 4.69) is 4.90 Å². The smallest absolute Gasteiger partial charge is 0.253 e. The van der Waals surface area contributed by atoms with Crippen molar-refractivity contribution in [1.82, 2.24) is 9.80 Å². The van der Waals surface area contributed by atoms with E-state index in [1.807, 2.05) is 23.1 Å². The molecule has 0 bridgehead atoms. The Kier molecular flexibility index (Phi) is 5.04. The molecule has 2 N–H and O–H groups in total. The van der Waals surface area contributed by atoms with Crippen LogP contribution in [0.1, 0.15) is 36.0 Å². The average molecular weight is 331 g/mol. The number of methoxy groups -OCH3 is 1. The zero-order valence-corrected chi connectivity index (χ0v) is 14.1. The summed E-state index contributed by atoms with van der Waals surface area (Å²) in [5.74, 6) is 0.514. The fourth-order valence-electron chi connectivity index (χ4n) is 3.87. The number of nitrogens with zero attached hydrogens (tertiary/aromatic N) is 2. The number of ether oxygens (including phenoxy) is 1. The number of carbonyl (C=O) groups is 2. The molecule has 0 aromatic heterocycles. The SMILES string of the molecule is COc1cccc(C(=O)N2CCC(N3CCC[C@H]3C(N)=O)CC2)c1. The fourth-order valence-corrected chi connectivity index (χ4v) is 3.87. The van der Waals surface area contributed by atoms with Crippen molar-refractivity contribution in [3.05, 3.63) is 29.8 Å². The molecule has 1 atom stereocenters. The number of hydrogen-bond acceptors (Lipinski definition) is 4. The van der Waals surface area contributed by atoms with E-state index in [0.717, 1.165) is 32.2 Å². The van der Waals surface area contributed by atoms with Crippen molar-refractivity contribution in [3.8, 4) is 5.75 Å². The summed E-state index contributed by atoms with van der Waals surface area (Å²) in [6.45, 7) is 2.35. The Morgan fingerprint density at radius 3 is 2.58 bits per heavy atom. The number of piperidine rings is 1. The first-order valence-electron chi connectivity index (χ1n) is 8.58. The summed E-state index contributed by atoms with van der Waals surface area (Å²) in [7, 11) is 1.60. The lowest BCUT2D eigenvalue weighted by Gasteiger charge is -2.38. The largest absolute Gasteiger partial charge is 0.497 e. The molecule has 2 fully saturated rings. The van der Waals surface area contributed by atoms with Gasteiger partial charge in [-0.2, -0.15) is 0 Å². The second kappa shape index (κ2) is 7.21. The fraction of sp³-hybridized carbons (Fsp3) is 0.556. The van der Waals surface area contributed by atoms with E-state index >= 15 is 0 Å². The van der Waals surface area contributed by atoms with Gasteiger partial charge >= 0.3 is 0 Å².